The van der Waals surface area contributed by atoms with Gasteiger partial charge >= 0.3 is 6.61 Å². The van der Waals surface area contributed by atoms with E-state index in [4.69, 9.17) is 22.1 Å². The number of benzene rings is 1. The van der Waals surface area contributed by atoms with Crippen LogP contribution in [0.25, 0.3) is 0 Å². The van der Waals surface area contributed by atoms with E-state index < -0.39 is 6.61 Å². The molecule has 0 aromatic heterocycles. The largest absolute Gasteiger partial charge is 0.490 e. The highest BCUT2D eigenvalue weighted by Crippen LogP contribution is 2.35. The maximum Gasteiger partial charge on any atom is 0.387 e. The number of alkyl halides is 2. The first-order valence-corrected chi connectivity index (χ1v) is 5.06. The second kappa shape index (κ2) is 5.86. The van der Waals surface area contributed by atoms with Crippen molar-refractivity contribution < 1.29 is 18.3 Å². The first-order chi connectivity index (χ1) is 7.58. The highest BCUT2D eigenvalue weighted by molar-refractivity contribution is 6.30. The zero-order chi connectivity index (χ0) is 12.1. The molecule has 90 valence electrons. The summed E-state index contributed by atoms with van der Waals surface area (Å²) in [4.78, 5) is 0. The molecule has 0 saturated carbocycles. The monoisotopic (exact) mass is 251 g/mol. The van der Waals surface area contributed by atoms with Crippen LogP contribution in [0.3, 0.4) is 0 Å². The van der Waals surface area contributed by atoms with E-state index in [0.717, 1.165) is 0 Å². The highest BCUT2D eigenvalue weighted by atomic mass is 35.5. The molecule has 0 atom stereocenters. The van der Waals surface area contributed by atoms with E-state index >= 15 is 0 Å². The SMILES string of the molecule is CCOc1cc(Cl)cc(CN)c1OC(F)F. The van der Waals surface area contributed by atoms with Gasteiger partial charge in [-0.25, -0.2) is 0 Å². The van der Waals surface area contributed by atoms with Gasteiger partial charge in [0.15, 0.2) is 11.5 Å². The van der Waals surface area contributed by atoms with E-state index in [9.17, 15) is 8.78 Å². The minimum atomic E-state index is -2.93. The second-order valence-corrected chi connectivity index (χ2v) is 3.34. The van der Waals surface area contributed by atoms with Gasteiger partial charge in [0.1, 0.15) is 0 Å². The van der Waals surface area contributed by atoms with Gasteiger partial charge in [0.25, 0.3) is 0 Å². The van der Waals surface area contributed by atoms with Gasteiger partial charge < -0.3 is 15.2 Å². The molecule has 0 fully saturated rings. The van der Waals surface area contributed by atoms with Gasteiger partial charge in [-0.2, -0.15) is 8.78 Å². The summed E-state index contributed by atoms with van der Waals surface area (Å²) in [5, 5.41) is 0.366. The number of ether oxygens (including phenoxy) is 2. The molecule has 0 aliphatic carbocycles. The Hall–Kier alpha value is -1.07. The number of halogens is 3. The van der Waals surface area contributed by atoms with Gasteiger partial charge in [0, 0.05) is 23.2 Å². The lowest BCUT2D eigenvalue weighted by atomic mass is 10.2. The van der Waals surface area contributed by atoms with Crippen LogP contribution in [0.2, 0.25) is 5.02 Å². The van der Waals surface area contributed by atoms with Crippen LogP contribution in [-0.4, -0.2) is 13.2 Å². The van der Waals surface area contributed by atoms with Crippen molar-refractivity contribution in [1.29, 1.82) is 0 Å². The van der Waals surface area contributed by atoms with Crippen LogP contribution in [0, 0.1) is 0 Å². The first kappa shape index (κ1) is 13.0. The lowest BCUT2D eigenvalue weighted by Crippen LogP contribution is -2.09. The van der Waals surface area contributed by atoms with Crippen LogP contribution in [0.4, 0.5) is 8.78 Å². The van der Waals surface area contributed by atoms with E-state index in [1.807, 2.05) is 0 Å². The molecule has 1 rings (SSSR count). The van der Waals surface area contributed by atoms with Gasteiger partial charge in [-0.15, -0.1) is 0 Å². The molecule has 0 spiro atoms. The molecule has 3 nitrogen and oxygen atoms in total. The summed E-state index contributed by atoms with van der Waals surface area (Å²) >= 11 is 5.79. The van der Waals surface area contributed by atoms with Gasteiger partial charge in [-0.3, -0.25) is 0 Å². The van der Waals surface area contributed by atoms with Gasteiger partial charge in [0.2, 0.25) is 0 Å². The second-order valence-electron chi connectivity index (χ2n) is 2.91. The smallest absolute Gasteiger partial charge is 0.387 e. The third-order valence-corrected chi connectivity index (χ3v) is 2.04. The Morgan fingerprint density at radius 1 is 1.44 bits per heavy atom. The molecule has 2 N–H and O–H groups in total. The van der Waals surface area contributed by atoms with Crippen molar-refractivity contribution in [2.45, 2.75) is 20.1 Å². The molecule has 0 heterocycles. The average molecular weight is 252 g/mol. The van der Waals surface area contributed by atoms with Crippen molar-refractivity contribution in [3.8, 4) is 11.5 Å². The minimum absolute atomic E-state index is 0.0443. The number of hydrogen-bond donors (Lipinski definition) is 1. The standard InChI is InChI=1S/C10H12ClF2NO2/c1-2-15-8-4-7(11)3-6(5-14)9(8)16-10(12)13/h3-4,10H,2,5,14H2,1H3. The molecule has 0 amide bonds. The zero-order valence-electron chi connectivity index (χ0n) is 8.67. The Balaban J connectivity index is 3.15. The summed E-state index contributed by atoms with van der Waals surface area (Å²) in [5.74, 6) is 0.125. The van der Waals surface area contributed by atoms with Crippen LogP contribution >= 0.6 is 11.6 Å². The molecule has 6 heteroatoms. The normalized spacial score (nSPS) is 10.6. The highest BCUT2D eigenvalue weighted by Gasteiger charge is 2.16. The predicted octanol–water partition coefficient (Wildman–Crippen LogP) is 2.80. The van der Waals surface area contributed by atoms with Crippen molar-refractivity contribution in [2.75, 3.05) is 6.61 Å². The average Bonchev–Trinajstić information content (AvgIpc) is 2.21. The molecule has 0 unspecified atom stereocenters. The fourth-order valence-corrected chi connectivity index (χ4v) is 1.49. The van der Waals surface area contributed by atoms with Crippen molar-refractivity contribution in [3.05, 3.63) is 22.7 Å². The molecular formula is C10H12ClF2NO2. The number of hydrogen-bond acceptors (Lipinski definition) is 3. The maximum absolute atomic E-state index is 12.2. The van der Waals surface area contributed by atoms with Gasteiger partial charge in [0.05, 0.1) is 6.61 Å². The fourth-order valence-electron chi connectivity index (χ4n) is 1.26. The molecule has 0 radical (unpaired) electrons. The molecule has 0 aliphatic rings. The predicted molar refractivity (Wildman–Crippen MR) is 57.1 cm³/mol. The molecule has 16 heavy (non-hydrogen) atoms. The van der Waals surface area contributed by atoms with Crippen LogP contribution < -0.4 is 15.2 Å². The lowest BCUT2D eigenvalue weighted by Gasteiger charge is -2.15. The Morgan fingerprint density at radius 3 is 2.62 bits per heavy atom. The molecule has 1 aromatic carbocycles. The van der Waals surface area contributed by atoms with E-state index in [1.54, 1.807) is 6.92 Å². The Morgan fingerprint density at radius 2 is 2.12 bits per heavy atom. The summed E-state index contributed by atoms with van der Waals surface area (Å²) in [5.41, 5.74) is 5.81. The van der Waals surface area contributed by atoms with E-state index in [1.165, 1.54) is 12.1 Å². The summed E-state index contributed by atoms with van der Waals surface area (Å²) in [7, 11) is 0. The molecule has 0 bridgehead atoms. The van der Waals surface area contributed by atoms with Crippen LogP contribution in [0.15, 0.2) is 12.1 Å². The zero-order valence-corrected chi connectivity index (χ0v) is 9.43. The summed E-state index contributed by atoms with van der Waals surface area (Å²) in [6.07, 6.45) is 0. The summed E-state index contributed by atoms with van der Waals surface area (Å²) in [6, 6.07) is 2.89. The summed E-state index contributed by atoms with van der Waals surface area (Å²) in [6.45, 7) is -0.826. The van der Waals surface area contributed by atoms with Crippen molar-refractivity contribution in [2.24, 2.45) is 5.73 Å². The fraction of sp³-hybridized carbons (Fsp3) is 0.400. The van der Waals surface area contributed by atoms with Crippen LogP contribution in [0.5, 0.6) is 11.5 Å². The summed E-state index contributed by atoms with van der Waals surface area (Å²) < 4.78 is 34.0. The third kappa shape index (κ3) is 3.21. The maximum atomic E-state index is 12.2. The minimum Gasteiger partial charge on any atom is -0.490 e. The molecular weight excluding hydrogens is 240 g/mol. The van der Waals surface area contributed by atoms with E-state index in [-0.39, 0.29) is 18.0 Å². The van der Waals surface area contributed by atoms with Crippen LogP contribution in [-0.2, 0) is 6.54 Å². The lowest BCUT2D eigenvalue weighted by molar-refractivity contribution is -0.0520. The number of rotatable bonds is 5. The Kier molecular flexibility index (Phi) is 4.76. The molecule has 0 aliphatic heterocycles. The van der Waals surface area contributed by atoms with Crippen molar-refractivity contribution in [1.82, 2.24) is 0 Å². The Labute approximate surface area is 97.1 Å². The molecule has 1 aromatic rings. The number of nitrogens with two attached hydrogens (primary N) is 1. The van der Waals surface area contributed by atoms with Crippen LogP contribution in [0.1, 0.15) is 12.5 Å². The van der Waals surface area contributed by atoms with Gasteiger partial charge in [-0.1, -0.05) is 11.6 Å². The van der Waals surface area contributed by atoms with E-state index in [0.29, 0.717) is 17.2 Å². The van der Waals surface area contributed by atoms with Crippen molar-refractivity contribution in [3.63, 3.8) is 0 Å². The Bertz CT molecular complexity index is 361. The van der Waals surface area contributed by atoms with Crippen molar-refractivity contribution >= 4 is 11.6 Å². The molecule has 0 saturated heterocycles. The van der Waals surface area contributed by atoms with Gasteiger partial charge in [-0.05, 0) is 13.0 Å². The first-order valence-electron chi connectivity index (χ1n) is 4.68. The third-order valence-electron chi connectivity index (χ3n) is 1.82. The quantitative estimate of drug-likeness (QED) is 0.875. The van der Waals surface area contributed by atoms with E-state index in [2.05, 4.69) is 4.74 Å². The topological polar surface area (TPSA) is 44.5 Å².